The fourth-order valence-corrected chi connectivity index (χ4v) is 2.41. The maximum Gasteiger partial charge on any atom is 0.200 e. The van der Waals surface area contributed by atoms with E-state index in [1.807, 2.05) is 0 Å². The zero-order valence-electron chi connectivity index (χ0n) is 10.8. The highest BCUT2D eigenvalue weighted by atomic mass is 19.2. The average molecular weight is 295 g/mol. The molecule has 0 atom stereocenters. The van der Waals surface area contributed by atoms with Gasteiger partial charge in [0, 0.05) is 18.7 Å². The number of hydrogen-bond acceptors (Lipinski definition) is 2. The molecule has 1 aromatic rings. The van der Waals surface area contributed by atoms with Gasteiger partial charge < -0.3 is 10.0 Å². The fraction of sp³-hybridized carbons (Fsp3) is 0.538. The average Bonchev–Trinajstić information content (AvgIpc) is 2.37. The molecule has 1 aliphatic rings. The Hall–Kier alpha value is -1.21. The molecular weight excluding hydrogens is 281 g/mol. The van der Waals surface area contributed by atoms with Crippen molar-refractivity contribution in [2.75, 3.05) is 13.6 Å². The second-order valence-electron chi connectivity index (χ2n) is 5.24. The lowest BCUT2D eigenvalue weighted by molar-refractivity contribution is 0.0270. The third-order valence-electron chi connectivity index (χ3n) is 3.51. The van der Waals surface area contributed by atoms with Crippen LogP contribution < -0.4 is 0 Å². The summed E-state index contributed by atoms with van der Waals surface area (Å²) in [6.45, 7) is 0.0505. The van der Waals surface area contributed by atoms with Gasteiger partial charge in [0.05, 0.1) is 6.10 Å². The minimum Gasteiger partial charge on any atom is -0.393 e. The molecule has 0 bridgehead atoms. The van der Waals surface area contributed by atoms with Crippen molar-refractivity contribution in [1.29, 1.82) is 0 Å². The number of rotatable bonds is 4. The molecule has 0 heterocycles. The van der Waals surface area contributed by atoms with Gasteiger partial charge in [0.2, 0.25) is 5.82 Å². The van der Waals surface area contributed by atoms with Crippen LogP contribution in [0.1, 0.15) is 18.4 Å². The van der Waals surface area contributed by atoms with Crippen LogP contribution in [0, 0.1) is 35.0 Å². The van der Waals surface area contributed by atoms with E-state index in [1.54, 1.807) is 0 Å². The van der Waals surface area contributed by atoms with Crippen LogP contribution in [0.25, 0.3) is 0 Å². The van der Waals surface area contributed by atoms with Crippen molar-refractivity contribution in [3.05, 3.63) is 34.6 Å². The van der Waals surface area contributed by atoms with Gasteiger partial charge in [0.15, 0.2) is 23.3 Å². The summed E-state index contributed by atoms with van der Waals surface area (Å²) in [5.41, 5.74) is -0.830. The van der Waals surface area contributed by atoms with Gasteiger partial charge in [-0.15, -0.1) is 0 Å². The first-order chi connectivity index (χ1) is 9.31. The Morgan fingerprint density at radius 2 is 1.40 bits per heavy atom. The van der Waals surface area contributed by atoms with Crippen LogP contribution in [-0.4, -0.2) is 29.7 Å². The smallest absolute Gasteiger partial charge is 0.200 e. The van der Waals surface area contributed by atoms with Crippen molar-refractivity contribution >= 4 is 0 Å². The van der Waals surface area contributed by atoms with Crippen molar-refractivity contribution in [2.24, 2.45) is 5.92 Å². The van der Waals surface area contributed by atoms with E-state index in [9.17, 15) is 22.0 Å². The Labute approximate surface area is 112 Å². The van der Waals surface area contributed by atoms with Crippen molar-refractivity contribution in [3.63, 3.8) is 0 Å². The zero-order valence-corrected chi connectivity index (χ0v) is 10.8. The molecule has 0 unspecified atom stereocenters. The maximum atomic E-state index is 13.5. The molecule has 112 valence electrons. The molecule has 1 saturated carbocycles. The third-order valence-corrected chi connectivity index (χ3v) is 3.51. The molecule has 20 heavy (non-hydrogen) atoms. The normalized spacial score (nSPS) is 22.2. The maximum absolute atomic E-state index is 13.5. The van der Waals surface area contributed by atoms with Gasteiger partial charge in [-0.05, 0) is 25.8 Å². The fourth-order valence-electron chi connectivity index (χ4n) is 2.41. The molecule has 0 amide bonds. The van der Waals surface area contributed by atoms with E-state index >= 15 is 0 Å². The minimum absolute atomic E-state index is 0.177. The highest BCUT2D eigenvalue weighted by Crippen LogP contribution is 2.29. The van der Waals surface area contributed by atoms with E-state index in [4.69, 9.17) is 5.11 Å². The van der Waals surface area contributed by atoms with Gasteiger partial charge in [-0.2, -0.15) is 0 Å². The van der Waals surface area contributed by atoms with Crippen LogP contribution in [0.5, 0.6) is 0 Å². The number of aliphatic hydroxyl groups is 1. The monoisotopic (exact) mass is 295 g/mol. The van der Waals surface area contributed by atoms with E-state index in [-0.39, 0.29) is 18.6 Å². The second-order valence-corrected chi connectivity index (χ2v) is 5.24. The van der Waals surface area contributed by atoms with E-state index < -0.39 is 34.6 Å². The third kappa shape index (κ3) is 2.78. The Bertz CT molecular complexity index is 487. The van der Waals surface area contributed by atoms with E-state index in [1.165, 1.54) is 11.9 Å². The topological polar surface area (TPSA) is 23.5 Å². The van der Waals surface area contributed by atoms with Gasteiger partial charge in [0.25, 0.3) is 0 Å². The van der Waals surface area contributed by atoms with Crippen LogP contribution in [0.4, 0.5) is 22.0 Å². The summed E-state index contributed by atoms with van der Waals surface area (Å²) >= 11 is 0. The molecule has 1 aliphatic carbocycles. The highest BCUT2D eigenvalue weighted by molar-refractivity contribution is 5.24. The van der Waals surface area contributed by atoms with Gasteiger partial charge >= 0.3 is 0 Å². The van der Waals surface area contributed by atoms with Crippen molar-refractivity contribution in [2.45, 2.75) is 25.5 Å². The lowest BCUT2D eigenvalue weighted by Gasteiger charge is -2.34. The summed E-state index contributed by atoms with van der Waals surface area (Å²) < 4.78 is 65.9. The van der Waals surface area contributed by atoms with Gasteiger partial charge in [0.1, 0.15) is 0 Å². The van der Waals surface area contributed by atoms with Crippen LogP contribution in [0.15, 0.2) is 0 Å². The van der Waals surface area contributed by atoms with Crippen LogP contribution >= 0.6 is 0 Å². The van der Waals surface area contributed by atoms with Crippen LogP contribution in [0.3, 0.4) is 0 Å². The first-order valence-corrected chi connectivity index (χ1v) is 6.18. The van der Waals surface area contributed by atoms with E-state index in [2.05, 4.69) is 0 Å². The lowest BCUT2D eigenvalue weighted by Crippen LogP contribution is -2.37. The Balaban J connectivity index is 2.12. The molecule has 1 fully saturated rings. The molecule has 0 radical (unpaired) electrons. The van der Waals surface area contributed by atoms with Gasteiger partial charge in [-0.3, -0.25) is 0 Å². The Morgan fingerprint density at radius 1 is 0.950 bits per heavy atom. The summed E-state index contributed by atoms with van der Waals surface area (Å²) in [4.78, 5) is 1.48. The predicted molar refractivity (Wildman–Crippen MR) is 61.3 cm³/mol. The van der Waals surface area contributed by atoms with Crippen molar-refractivity contribution in [3.8, 4) is 0 Å². The number of nitrogens with zero attached hydrogens (tertiary/aromatic N) is 1. The number of benzene rings is 1. The molecule has 1 aromatic carbocycles. The highest BCUT2D eigenvalue weighted by Gasteiger charge is 2.30. The molecule has 2 rings (SSSR count). The zero-order chi connectivity index (χ0) is 15.0. The van der Waals surface area contributed by atoms with Gasteiger partial charge in [-0.1, -0.05) is 0 Å². The summed E-state index contributed by atoms with van der Waals surface area (Å²) in [7, 11) is 1.53. The SMILES string of the molecule is CN(Cc1c(F)c(F)c(F)c(F)c1F)CC1CC(O)C1. The van der Waals surface area contributed by atoms with Gasteiger partial charge in [-0.25, -0.2) is 22.0 Å². The van der Waals surface area contributed by atoms with Crippen molar-refractivity contribution in [1.82, 2.24) is 4.90 Å². The largest absolute Gasteiger partial charge is 0.393 e. The molecule has 0 saturated heterocycles. The standard InChI is InChI=1S/C13H14F5NO/c1-19(4-6-2-7(20)3-6)5-8-9(14)11(16)13(18)12(17)10(8)15/h6-7,20H,2-5H2,1H3. The first kappa shape index (κ1) is 15.2. The van der Waals surface area contributed by atoms with E-state index in [0.29, 0.717) is 19.4 Å². The molecular formula is C13H14F5NO. The summed E-state index contributed by atoms with van der Waals surface area (Å²) in [6, 6.07) is 0. The van der Waals surface area contributed by atoms with E-state index in [0.717, 1.165) is 0 Å². The molecule has 2 nitrogen and oxygen atoms in total. The lowest BCUT2D eigenvalue weighted by atomic mass is 9.82. The quantitative estimate of drug-likeness (QED) is 0.524. The summed E-state index contributed by atoms with van der Waals surface area (Å²) in [5.74, 6) is -9.40. The second kappa shape index (κ2) is 5.65. The number of halogens is 5. The Kier molecular flexibility index (Phi) is 4.29. The van der Waals surface area contributed by atoms with Crippen molar-refractivity contribution < 1.29 is 27.1 Å². The molecule has 1 N–H and O–H groups in total. The molecule has 7 heteroatoms. The predicted octanol–water partition coefficient (Wildman–Crippen LogP) is 2.58. The Morgan fingerprint density at radius 3 is 1.85 bits per heavy atom. The number of aliphatic hydroxyl groups excluding tert-OH is 1. The molecule has 0 spiro atoms. The molecule has 0 aliphatic heterocycles. The number of hydrogen-bond donors (Lipinski definition) is 1. The first-order valence-electron chi connectivity index (χ1n) is 6.18. The van der Waals surface area contributed by atoms with Crippen LogP contribution in [0.2, 0.25) is 0 Å². The summed E-state index contributed by atoms with van der Waals surface area (Å²) in [5, 5.41) is 9.13. The van der Waals surface area contributed by atoms with Crippen LogP contribution in [-0.2, 0) is 6.54 Å². The summed E-state index contributed by atoms with van der Waals surface area (Å²) in [6.07, 6.45) is 0.811. The molecule has 0 aromatic heterocycles. The minimum atomic E-state index is -2.14.